The van der Waals surface area contributed by atoms with Crippen LogP contribution in [0.3, 0.4) is 0 Å². The van der Waals surface area contributed by atoms with Crippen molar-refractivity contribution in [2.75, 3.05) is 21.3 Å². The summed E-state index contributed by atoms with van der Waals surface area (Å²) in [4.78, 5) is 10.7. The van der Waals surface area contributed by atoms with Crippen LogP contribution in [0, 0.1) is 0 Å². The van der Waals surface area contributed by atoms with Gasteiger partial charge in [0.25, 0.3) is 0 Å². The van der Waals surface area contributed by atoms with Gasteiger partial charge in [0, 0.05) is 45.0 Å². The van der Waals surface area contributed by atoms with E-state index in [0.29, 0.717) is 10.2 Å². The predicted octanol–water partition coefficient (Wildman–Crippen LogP) is 9.96. The Hall–Kier alpha value is -5.96. The molecule has 0 unspecified atom stereocenters. The molecule has 48 heavy (non-hydrogen) atoms. The van der Waals surface area contributed by atoms with Gasteiger partial charge in [-0.1, -0.05) is 97.1 Å². The van der Waals surface area contributed by atoms with Crippen LogP contribution in [0.4, 0.5) is 34.1 Å². The molecule has 6 aromatic rings. The van der Waals surface area contributed by atoms with E-state index < -0.39 is 0 Å². The molecule has 0 fully saturated rings. The van der Waals surface area contributed by atoms with Gasteiger partial charge in [0.2, 0.25) is 0 Å². The Kier molecular flexibility index (Phi) is 9.08. The summed E-state index contributed by atoms with van der Waals surface area (Å²) in [5.74, 6) is 0. The highest BCUT2D eigenvalue weighted by atomic mass is 32.1. The molecule has 8 heteroatoms. The minimum absolute atomic E-state index is 0.490. The molecule has 0 saturated heterocycles. The number of anilines is 4. The summed E-state index contributed by atoms with van der Waals surface area (Å²) in [5, 5.41) is 14.2. The van der Waals surface area contributed by atoms with E-state index in [1.807, 2.05) is 121 Å². The molecule has 1 heterocycles. The minimum atomic E-state index is 0.490. The SMILES string of the molecule is S=C(Nc1ccccc1)Nc1ccc2c(c1)C(c1ccccc1)=Nc1ccc(NC(=S)Nc3ccccc3)cc1C(c1ccccc1)=N2. The number of rotatable bonds is 6. The lowest BCUT2D eigenvalue weighted by Gasteiger charge is -2.20. The average Bonchev–Trinajstić information content (AvgIpc) is 3.11. The molecule has 0 saturated carbocycles. The summed E-state index contributed by atoms with van der Waals surface area (Å²) >= 11 is 11.3. The normalized spacial score (nSPS) is 11.8. The van der Waals surface area contributed by atoms with Crippen LogP contribution in [0.5, 0.6) is 0 Å². The van der Waals surface area contributed by atoms with Crippen molar-refractivity contribution < 1.29 is 0 Å². The fourth-order valence-corrected chi connectivity index (χ4v) is 5.90. The summed E-state index contributed by atoms with van der Waals surface area (Å²) in [6, 6.07) is 52.2. The van der Waals surface area contributed by atoms with Crippen LogP contribution in [0.2, 0.25) is 0 Å². The first-order valence-electron chi connectivity index (χ1n) is 15.4. The monoisotopic (exact) mass is 658 g/mol. The molecule has 1 aliphatic rings. The second kappa shape index (κ2) is 14.2. The highest BCUT2D eigenvalue weighted by Crippen LogP contribution is 2.36. The number of benzene rings is 6. The summed E-state index contributed by atoms with van der Waals surface area (Å²) in [6.07, 6.45) is 0. The third kappa shape index (κ3) is 7.20. The molecule has 0 aromatic heterocycles. The number of hydrogen-bond acceptors (Lipinski definition) is 4. The number of nitrogens with one attached hydrogen (secondary N) is 4. The summed E-state index contributed by atoms with van der Waals surface area (Å²) in [5.41, 5.74) is 10.3. The molecule has 0 amide bonds. The average molecular weight is 659 g/mol. The zero-order chi connectivity index (χ0) is 32.7. The highest BCUT2D eigenvalue weighted by Gasteiger charge is 2.21. The lowest BCUT2D eigenvalue weighted by molar-refractivity contribution is 1.39. The van der Waals surface area contributed by atoms with Crippen LogP contribution in [0.1, 0.15) is 22.3 Å². The zero-order valence-corrected chi connectivity index (χ0v) is 27.4. The Bertz CT molecular complexity index is 1990. The third-order valence-electron chi connectivity index (χ3n) is 7.64. The lowest BCUT2D eigenvalue weighted by Crippen LogP contribution is -2.19. The Labute approximate surface area is 290 Å². The van der Waals surface area contributed by atoms with Crippen LogP contribution < -0.4 is 21.3 Å². The van der Waals surface area contributed by atoms with Gasteiger partial charge < -0.3 is 21.3 Å². The number of nitrogens with zero attached hydrogens (tertiary/aromatic N) is 2. The number of hydrogen-bond donors (Lipinski definition) is 4. The van der Waals surface area contributed by atoms with Crippen LogP contribution >= 0.6 is 24.4 Å². The van der Waals surface area contributed by atoms with Crippen LogP contribution in [0.15, 0.2) is 168 Å². The Morgan fingerprint density at radius 3 is 1.08 bits per heavy atom. The Balaban J connectivity index is 1.31. The van der Waals surface area contributed by atoms with Gasteiger partial charge >= 0.3 is 0 Å². The Morgan fingerprint density at radius 1 is 0.375 bits per heavy atom. The van der Waals surface area contributed by atoms with Crippen molar-refractivity contribution in [3.05, 3.63) is 180 Å². The van der Waals surface area contributed by atoms with Gasteiger partial charge in [0.1, 0.15) is 0 Å². The van der Waals surface area contributed by atoms with Crippen molar-refractivity contribution in [1.82, 2.24) is 0 Å². The molecule has 1 aliphatic heterocycles. The molecule has 4 N–H and O–H groups in total. The quantitative estimate of drug-likeness (QED) is 0.133. The van der Waals surface area contributed by atoms with Gasteiger partial charge in [-0.25, -0.2) is 9.98 Å². The standard InChI is InChI=1S/C40H30N6S2/c47-39(41-29-17-9-3-10-18-29)43-31-21-23-35-33(25-31)37(27-13-5-1-6-14-27)45-36-24-22-32(44-40(48)42-30-19-11-4-12-20-30)26-34(36)38(46-35)28-15-7-2-8-16-28/h1-26H,(H2,41,43,47)(H2,42,44,48). The number of fused-ring (bicyclic) bond motifs is 2. The van der Waals surface area contributed by atoms with E-state index in [1.165, 1.54) is 0 Å². The van der Waals surface area contributed by atoms with Gasteiger partial charge in [-0.2, -0.15) is 0 Å². The van der Waals surface area contributed by atoms with E-state index in [4.69, 9.17) is 34.4 Å². The largest absolute Gasteiger partial charge is 0.332 e. The van der Waals surface area contributed by atoms with Crippen molar-refractivity contribution in [2.45, 2.75) is 0 Å². The zero-order valence-electron chi connectivity index (χ0n) is 25.7. The molecule has 7 rings (SSSR count). The van der Waals surface area contributed by atoms with Gasteiger partial charge in [-0.05, 0) is 85.1 Å². The Morgan fingerprint density at radius 2 is 0.708 bits per heavy atom. The van der Waals surface area contributed by atoms with Crippen molar-refractivity contribution in [3.8, 4) is 0 Å². The maximum atomic E-state index is 5.66. The molecular formula is C40H30N6S2. The van der Waals surface area contributed by atoms with Crippen molar-refractivity contribution in [1.29, 1.82) is 0 Å². The van der Waals surface area contributed by atoms with Crippen LogP contribution in [0.25, 0.3) is 0 Å². The van der Waals surface area contributed by atoms with Crippen molar-refractivity contribution >= 4 is 80.2 Å². The fraction of sp³-hybridized carbons (Fsp3) is 0. The van der Waals surface area contributed by atoms with Gasteiger partial charge in [-0.3, -0.25) is 0 Å². The molecule has 6 nitrogen and oxygen atoms in total. The van der Waals surface area contributed by atoms with Crippen LogP contribution in [-0.2, 0) is 0 Å². The topological polar surface area (TPSA) is 72.8 Å². The summed E-state index contributed by atoms with van der Waals surface area (Å²) < 4.78 is 0. The number of thiocarbonyl (C=S) groups is 2. The summed E-state index contributed by atoms with van der Waals surface area (Å²) in [7, 11) is 0. The summed E-state index contributed by atoms with van der Waals surface area (Å²) in [6.45, 7) is 0. The van der Waals surface area contributed by atoms with Crippen molar-refractivity contribution in [3.63, 3.8) is 0 Å². The second-order valence-corrected chi connectivity index (χ2v) is 11.8. The van der Waals surface area contributed by atoms with E-state index in [-0.39, 0.29) is 0 Å². The van der Waals surface area contributed by atoms with Gasteiger partial charge in [-0.15, -0.1) is 0 Å². The first kappa shape index (κ1) is 30.7. The molecule has 0 spiro atoms. The molecular weight excluding hydrogens is 629 g/mol. The second-order valence-electron chi connectivity index (χ2n) is 11.0. The van der Waals surface area contributed by atoms with E-state index in [2.05, 4.69) is 57.7 Å². The third-order valence-corrected chi connectivity index (χ3v) is 8.05. The van der Waals surface area contributed by atoms with E-state index >= 15 is 0 Å². The van der Waals surface area contributed by atoms with E-state index in [1.54, 1.807) is 0 Å². The number of para-hydroxylation sites is 2. The maximum absolute atomic E-state index is 5.66. The van der Waals surface area contributed by atoms with E-state index in [0.717, 1.165) is 67.8 Å². The molecule has 0 aliphatic carbocycles. The first-order valence-corrected chi connectivity index (χ1v) is 16.2. The lowest BCUT2D eigenvalue weighted by atomic mass is 9.95. The molecule has 0 radical (unpaired) electrons. The van der Waals surface area contributed by atoms with E-state index in [9.17, 15) is 0 Å². The van der Waals surface area contributed by atoms with Crippen LogP contribution in [-0.4, -0.2) is 21.6 Å². The van der Waals surface area contributed by atoms with Crippen molar-refractivity contribution in [2.24, 2.45) is 9.98 Å². The molecule has 6 aromatic carbocycles. The first-order chi connectivity index (χ1) is 23.6. The highest BCUT2D eigenvalue weighted by molar-refractivity contribution is 7.81. The maximum Gasteiger partial charge on any atom is 0.175 e. The molecule has 232 valence electrons. The smallest absolute Gasteiger partial charge is 0.175 e. The molecule has 0 atom stereocenters. The predicted molar refractivity (Wildman–Crippen MR) is 209 cm³/mol. The fourth-order valence-electron chi connectivity index (χ4n) is 5.43. The molecule has 0 bridgehead atoms. The minimum Gasteiger partial charge on any atom is -0.332 e. The van der Waals surface area contributed by atoms with Gasteiger partial charge in [0.05, 0.1) is 22.8 Å². The number of aliphatic imine (C=N–C) groups is 2. The van der Waals surface area contributed by atoms with Gasteiger partial charge in [0.15, 0.2) is 10.2 Å².